The Kier molecular flexibility index (Phi) is 5.27. The number of ether oxygens (including phenoxy) is 1. The first kappa shape index (κ1) is 14.7. The molecule has 20 heavy (non-hydrogen) atoms. The average Bonchev–Trinajstić information content (AvgIpc) is 2.70. The smallest absolute Gasteiger partial charge is 0.320 e. The molecule has 4 heteroatoms. The summed E-state index contributed by atoms with van der Waals surface area (Å²) < 4.78 is 5.63. The maximum absolute atomic E-state index is 12.0. The van der Waals surface area contributed by atoms with Crippen molar-refractivity contribution < 1.29 is 9.53 Å². The fraction of sp³-hybridized carbons (Fsp3) is 0.562. The topological polar surface area (TPSA) is 41.6 Å². The second-order valence-corrected chi connectivity index (χ2v) is 5.44. The lowest BCUT2D eigenvalue weighted by atomic mass is 10.1. The van der Waals surface area contributed by atoms with E-state index < -0.39 is 0 Å². The molecule has 0 radical (unpaired) electrons. The zero-order valence-electron chi connectivity index (χ0n) is 12.4. The third-order valence-corrected chi connectivity index (χ3v) is 3.67. The quantitative estimate of drug-likeness (QED) is 0.861. The molecule has 1 aliphatic heterocycles. The number of hydrogen-bond acceptors (Lipinski definition) is 2. The molecule has 0 atom stereocenters. The molecule has 4 nitrogen and oxygen atoms in total. The standard InChI is InChI=1S/C16H24N2O2/c1-13-7-8-15(14(2)11-13)20-12-17-16(19)18-9-5-3-4-6-10-18/h7-8,11H,3-6,9-10,12H2,1-2H3,(H,17,19). The van der Waals surface area contributed by atoms with Gasteiger partial charge in [0, 0.05) is 13.1 Å². The summed E-state index contributed by atoms with van der Waals surface area (Å²) in [7, 11) is 0. The van der Waals surface area contributed by atoms with Crippen molar-refractivity contribution in [2.45, 2.75) is 39.5 Å². The Morgan fingerprint density at radius 1 is 1.20 bits per heavy atom. The molecular formula is C16H24N2O2. The van der Waals surface area contributed by atoms with Crippen molar-refractivity contribution in [3.63, 3.8) is 0 Å². The predicted octanol–water partition coefficient (Wildman–Crippen LogP) is 3.23. The molecule has 1 fully saturated rings. The second-order valence-electron chi connectivity index (χ2n) is 5.44. The fourth-order valence-electron chi connectivity index (χ4n) is 2.52. The van der Waals surface area contributed by atoms with Crippen LogP contribution in [0.4, 0.5) is 4.79 Å². The molecule has 0 unspecified atom stereocenters. The van der Waals surface area contributed by atoms with Crippen LogP contribution in [0, 0.1) is 13.8 Å². The van der Waals surface area contributed by atoms with Crippen molar-refractivity contribution >= 4 is 6.03 Å². The summed E-state index contributed by atoms with van der Waals surface area (Å²) in [6.07, 6.45) is 4.66. The van der Waals surface area contributed by atoms with Gasteiger partial charge in [-0.05, 0) is 38.3 Å². The first-order valence-electron chi connectivity index (χ1n) is 7.39. The van der Waals surface area contributed by atoms with Crippen LogP contribution in [0.2, 0.25) is 0 Å². The first-order chi connectivity index (χ1) is 9.66. The Morgan fingerprint density at radius 3 is 2.55 bits per heavy atom. The summed E-state index contributed by atoms with van der Waals surface area (Å²) in [4.78, 5) is 13.9. The van der Waals surface area contributed by atoms with E-state index in [-0.39, 0.29) is 12.8 Å². The highest BCUT2D eigenvalue weighted by Gasteiger charge is 2.14. The lowest BCUT2D eigenvalue weighted by Crippen LogP contribution is -2.41. The summed E-state index contributed by atoms with van der Waals surface area (Å²) in [6.45, 7) is 6.00. The molecule has 1 heterocycles. The van der Waals surface area contributed by atoms with Crippen LogP contribution in [0.3, 0.4) is 0 Å². The zero-order chi connectivity index (χ0) is 14.4. The highest BCUT2D eigenvalue weighted by Crippen LogP contribution is 2.18. The van der Waals surface area contributed by atoms with E-state index in [2.05, 4.69) is 18.3 Å². The van der Waals surface area contributed by atoms with Gasteiger partial charge in [0.1, 0.15) is 5.75 Å². The van der Waals surface area contributed by atoms with Crippen molar-refractivity contribution in [2.24, 2.45) is 0 Å². The van der Waals surface area contributed by atoms with Gasteiger partial charge in [-0.3, -0.25) is 0 Å². The predicted molar refractivity (Wildman–Crippen MR) is 80.0 cm³/mol. The highest BCUT2D eigenvalue weighted by atomic mass is 16.5. The van der Waals surface area contributed by atoms with Crippen LogP contribution in [-0.4, -0.2) is 30.8 Å². The summed E-state index contributed by atoms with van der Waals surface area (Å²) in [6, 6.07) is 6.02. The molecule has 1 aliphatic rings. The Morgan fingerprint density at radius 2 is 1.90 bits per heavy atom. The lowest BCUT2D eigenvalue weighted by molar-refractivity contribution is 0.186. The summed E-state index contributed by atoms with van der Waals surface area (Å²) in [5, 5.41) is 2.84. The largest absolute Gasteiger partial charge is 0.473 e. The van der Waals surface area contributed by atoms with Crippen LogP contribution in [-0.2, 0) is 0 Å². The van der Waals surface area contributed by atoms with E-state index in [0.29, 0.717) is 0 Å². The number of aryl methyl sites for hydroxylation is 2. The summed E-state index contributed by atoms with van der Waals surface area (Å²) >= 11 is 0. The van der Waals surface area contributed by atoms with E-state index in [1.165, 1.54) is 18.4 Å². The molecule has 2 rings (SSSR count). The minimum Gasteiger partial charge on any atom is -0.473 e. The number of rotatable bonds is 3. The molecule has 0 bridgehead atoms. The molecular weight excluding hydrogens is 252 g/mol. The maximum atomic E-state index is 12.0. The third kappa shape index (κ3) is 4.15. The molecule has 0 aliphatic carbocycles. The molecule has 0 spiro atoms. The van der Waals surface area contributed by atoms with Crippen molar-refractivity contribution in [1.82, 2.24) is 10.2 Å². The Bertz CT molecular complexity index is 452. The minimum atomic E-state index is -0.0170. The Labute approximate surface area is 121 Å². The number of benzene rings is 1. The molecule has 2 amide bonds. The summed E-state index contributed by atoms with van der Waals surface area (Å²) in [5.74, 6) is 0.826. The first-order valence-corrected chi connectivity index (χ1v) is 7.39. The molecule has 110 valence electrons. The van der Waals surface area contributed by atoms with E-state index in [4.69, 9.17) is 4.74 Å². The highest BCUT2D eigenvalue weighted by molar-refractivity contribution is 5.74. The molecule has 1 saturated heterocycles. The second kappa shape index (κ2) is 7.17. The van der Waals surface area contributed by atoms with Crippen LogP contribution < -0.4 is 10.1 Å². The maximum Gasteiger partial charge on any atom is 0.320 e. The number of nitrogens with one attached hydrogen (secondary N) is 1. The van der Waals surface area contributed by atoms with Crippen molar-refractivity contribution in [2.75, 3.05) is 19.8 Å². The lowest BCUT2D eigenvalue weighted by Gasteiger charge is -2.21. The normalized spacial score (nSPS) is 15.6. The van der Waals surface area contributed by atoms with Gasteiger partial charge in [-0.25, -0.2) is 4.79 Å². The number of likely N-dealkylation sites (tertiary alicyclic amines) is 1. The van der Waals surface area contributed by atoms with Gasteiger partial charge < -0.3 is 15.0 Å². The van der Waals surface area contributed by atoms with E-state index in [9.17, 15) is 4.79 Å². The van der Waals surface area contributed by atoms with Gasteiger partial charge in [-0.2, -0.15) is 0 Å². The van der Waals surface area contributed by atoms with E-state index in [1.807, 2.05) is 24.0 Å². The Hall–Kier alpha value is -1.71. The molecule has 1 aromatic rings. The molecule has 1 aromatic carbocycles. The van der Waals surface area contributed by atoms with Gasteiger partial charge in [0.2, 0.25) is 0 Å². The monoisotopic (exact) mass is 276 g/mol. The SMILES string of the molecule is Cc1ccc(OCNC(=O)N2CCCCCC2)c(C)c1. The number of carbonyl (C=O) groups is 1. The van der Waals surface area contributed by atoms with Crippen LogP contribution in [0.5, 0.6) is 5.75 Å². The van der Waals surface area contributed by atoms with Crippen LogP contribution >= 0.6 is 0 Å². The van der Waals surface area contributed by atoms with Crippen molar-refractivity contribution in [3.05, 3.63) is 29.3 Å². The average molecular weight is 276 g/mol. The number of urea groups is 1. The van der Waals surface area contributed by atoms with Gasteiger partial charge in [0.05, 0.1) is 0 Å². The van der Waals surface area contributed by atoms with Gasteiger partial charge in [0.25, 0.3) is 0 Å². The Balaban J connectivity index is 1.78. The molecule has 0 aromatic heterocycles. The van der Waals surface area contributed by atoms with E-state index in [0.717, 1.165) is 37.2 Å². The number of carbonyl (C=O) groups excluding carboxylic acids is 1. The number of nitrogens with zero attached hydrogens (tertiary/aromatic N) is 1. The fourth-order valence-corrected chi connectivity index (χ4v) is 2.52. The van der Waals surface area contributed by atoms with Gasteiger partial charge in [-0.15, -0.1) is 0 Å². The van der Waals surface area contributed by atoms with Crippen molar-refractivity contribution in [1.29, 1.82) is 0 Å². The van der Waals surface area contributed by atoms with Crippen LogP contribution in [0.25, 0.3) is 0 Å². The molecule has 1 N–H and O–H groups in total. The van der Waals surface area contributed by atoms with Gasteiger partial charge in [-0.1, -0.05) is 30.5 Å². The van der Waals surface area contributed by atoms with E-state index in [1.54, 1.807) is 0 Å². The number of hydrogen-bond donors (Lipinski definition) is 1. The minimum absolute atomic E-state index is 0.0170. The molecule has 0 saturated carbocycles. The van der Waals surface area contributed by atoms with E-state index >= 15 is 0 Å². The number of amides is 2. The van der Waals surface area contributed by atoms with Crippen molar-refractivity contribution in [3.8, 4) is 5.75 Å². The zero-order valence-corrected chi connectivity index (χ0v) is 12.4. The van der Waals surface area contributed by atoms with Crippen LogP contribution in [0.1, 0.15) is 36.8 Å². The van der Waals surface area contributed by atoms with Gasteiger partial charge in [0.15, 0.2) is 6.73 Å². The summed E-state index contributed by atoms with van der Waals surface area (Å²) in [5.41, 5.74) is 2.30. The van der Waals surface area contributed by atoms with Crippen LogP contribution in [0.15, 0.2) is 18.2 Å². The van der Waals surface area contributed by atoms with Gasteiger partial charge >= 0.3 is 6.03 Å². The third-order valence-electron chi connectivity index (χ3n) is 3.67.